The third-order valence-corrected chi connectivity index (χ3v) is 5.16. The van der Waals surface area contributed by atoms with E-state index >= 15 is 0 Å². The Labute approximate surface area is 171 Å². The minimum Gasteiger partial charge on any atom is -0.455 e. The molecule has 144 valence electrons. The summed E-state index contributed by atoms with van der Waals surface area (Å²) < 4.78 is 6.88. The Hall–Kier alpha value is -2.70. The average Bonchev–Trinajstić information content (AvgIpc) is 3.14. The second-order valence-electron chi connectivity index (χ2n) is 6.06. The Bertz CT molecular complexity index is 1010. The molecule has 28 heavy (non-hydrogen) atoms. The zero-order chi connectivity index (χ0) is 19.8. The molecule has 0 N–H and O–H groups in total. The highest BCUT2D eigenvalue weighted by molar-refractivity contribution is 7.07. The second kappa shape index (κ2) is 10.0. The van der Waals surface area contributed by atoms with Crippen LogP contribution < -0.4 is 4.80 Å². The summed E-state index contributed by atoms with van der Waals surface area (Å²) in [5.41, 5.74) is 1.98. The first-order valence-electron chi connectivity index (χ1n) is 8.76. The van der Waals surface area contributed by atoms with Gasteiger partial charge in [0, 0.05) is 23.0 Å². The van der Waals surface area contributed by atoms with Gasteiger partial charge in [0.1, 0.15) is 0 Å². The van der Waals surface area contributed by atoms with Crippen LogP contribution in [0.4, 0.5) is 0 Å². The van der Waals surface area contributed by atoms with Gasteiger partial charge < -0.3 is 9.30 Å². The standard InChI is InChI=1S/C21H19ClN2O3S/c22-18-9-5-4-8-17(18)14-24-12-13-28-21(24)23-19(25)15-27-20(26)11-10-16-6-2-1-3-7-16/h1-9,12-13H,10-11,14-15H2. The Balaban J connectivity index is 1.54. The minimum absolute atomic E-state index is 0.225. The quantitative estimate of drug-likeness (QED) is 0.551. The van der Waals surface area contributed by atoms with Crippen molar-refractivity contribution in [1.82, 2.24) is 4.57 Å². The molecule has 0 aliphatic rings. The van der Waals surface area contributed by atoms with Crippen LogP contribution in [-0.4, -0.2) is 23.1 Å². The molecule has 1 amide bonds. The molecule has 0 fully saturated rings. The highest BCUT2D eigenvalue weighted by Crippen LogP contribution is 2.15. The van der Waals surface area contributed by atoms with Crippen LogP contribution in [0.15, 0.2) is 71.2 Å². The van der Waals surface area contributed by atoms with E-state index < -0.39 is 11.9 Å². The zero-order valence-corrected chi connectivity index (χ0v) is 16.7. The molecule has 3 aromatic rings. The largest absolute Gasteiger partial charge is 0.455 e. The molecule has 0 aliphatic carbocycles. The van der Waals surface area contributed by atoms with Crippen LogP contribution in [0.1, 0.15) is 17.5 Å². The Morgan fingerprint density at radius 3 is 2.61 bits per heavy atom. The van der Waals surface area contributed by atoms with Crippen LogP contribution in [0.3, 0.4) is 0 Å². The first-order chi connectivity index (χ1) is 13.6. The highest BCUT2D eigenvalue weighted by atomic mass is 35.5. The van der Waals surface area contributed by atoms with Crippen molar-refractivity contribution < 1.29 is 14.3 Å². The van der Waals surface area contributed by atoms with Crippen molar-refractivity contribution in [2.45, 2.75) is 19.4 Å². The topological polar surface area (TPSA) is 60.7 Å². The highest BCUT2D eigenvalue weighted by Gasteiger charge is 2.08. The van der Waals surface area contributed by atoms with E-state index in [9.17, 15) is 9.59 Å². The van der Waals surface area contributed by atoms with E-state index in [1.807, 2.05) is 70.7 Å². The number of carbonyl (C=O) groups is 2. The Morgan fingerprint density at radius 1 is 1.07 bits per heavy atom. The van der Waals surface area contributed by atoms with Crippen LogP contribution in [0.25, 0.3) is 0 Å². The monoisotopic (exact) mass is 414 g/mol. The summed E-state index contributed by atoms with van der Waals surface area (Å²) in [6.07, 6.45) is 2.64. The van der Waals surface area contributed by atoms with E-state index in [0.717, 1.165) is 11.1 Å². The van der Waals surface area contributed by atoms with Gasteiger partial charge in [-0.1, -0.05) is 60.1 Å². The number of thiazole rings is 1. The number of carbonyl (C=O) groups excluding carboxylic acids is 2. The molecule has 0 saturated carbocycles. The number of rotatable bonds is 7. The van der Waals surface area contributed by atoms with Crippen LogP contribution in [0.2, 0.25) is 5.02 Å². The lowest BCUT2D eigenvalue weighted by Gasteiger charge is -2.05. The predicted molar refractivity (Wildman–Crippen MR) is 109 cm³/mol. The molecular formula is C21H19ClN2O3S. The number of amides is 1. The lowest BCUT2D eigenvalue weighted by atomic mass is 10.1. The summed E-state index contributed by atoms with van der Waals surface area (Å²) in [5, 5.41) is 2.50. The zero-order valence-electron chi connectivity index (χ0n) is 15.1. The normalized spacial score (nSPS) is 11.4. The molecule has 0 atom stereocenters. The number of halogens is 1. The molecule has 7 heteroatoms. The van der Waals surface area contributed by atoms with Crippen molar-refractivity contribution in [2.75, 3.05) is 6.61 Å². The molecule has 3 rings (SSSR count). The summed E-state index contributed by atoms with van der Waals surface area (Å²) in [7, 11) is 0. The van der Waals surface area contributed by atoms with Gasteiger partial charge in [0.05, 0.1) is 6.54 Å². The van der Waals surface area contributed by atoms with Gasteiger partial charge in [-0.25, -0.2) is 0 Å². The maximum absolute atomic E-state index is 12.1. The van der Waals surface area contributed by atoms with E-state index in [1.165, 1.54) is 11.3 Å². The maximum Gasteiger partial charge on any atom is 0.306 e. The smallest absolute Gasteiger partial charge is 0.306 e. The third kappa shape index (κ3) is 5.90. The van der Waals surface area contributed by atoms with Gasteiger partial charge in [-0.3, -0.25) is 9.59 Å². The number of ether oxygens (including phenoxy) is 1. The lowest BCUT2D eigenvalue weighted by Crippen LogP contribution is -2.20. The van der Waals surface area contributed by atoms with Gasteiger partial charge in [-0.15, -0.1) is 11.3 Å². The SMILES string of the molecule is O=C(COC(=O)CCc1ccccc1)N=c1sccn1Cc1ccccc1Cl. The molecule has 1 aromatic heterocycles. The Morgan fingerprint density at radius 2 is 1.82 bits per heavy atom. The summed E-state index contributed by atoms with van der Waals surface area (Å²) in [5.74, 6) is -0.911. The van der Waals surface area contributed by atoms with Gasteiger partial charge in [0.2, 0.25) is 0 Å². The van der Waals surface area contributed by atoms with Crippen molar-refractivity contribution >= 4 is 34.8 Å². The Kier molecular flexibility index (Phi) is 7.17. The summed E-state index contributed by atoms with van der Waals surface area (Å²) >= 11 is 7.53. The molecule has 1 heterocycles. The fourth-order valence-corrected chi connectivity index (χ4v) is 3.50. The van der Waals surface area contributed by atoms with Crippen molar-refractivity contribution in [3.63, 3.8) is 0 Å². The van der Waals surface area contributed by atoms with Gasteiger partial charge in [-0.05, 0) is 23.6 Å². The molecule has 0 bridgehead atoms. The van der Waals surface area contributed by atoms with Gasteiger partial charge >= 0.3 is 5.97 Å². The number of aryl methyl sites for hydroxylation is 1. The first-order valence-corrected chi connectivity index (χ1v) is 10.0. The lowest BCUT2D eigenvalue weighted by molar-refractivity contribution is -0.147. The van der Waals surface area contributed by atoms with Gasteiger partial charge in [-0.2, -0.15) is 4.99 Å². The molecule has 0 spiro atoms. The molecular weight excluding hydrogens is 396 g/mol. The maximum atomic E-state index is 12.1. The number of aromatic nitrogens is 1. The fraction of sp³-hybridized carbons (Fsp3) is 0.190. The first kappa shape index (κ1) is 20.0. The fourth-order valence-electron chi connectivity index (χ4n) is 2.56. The van der Waals surface area contributed by atoms with Crippen molar-refractivity contribution in [3.05, 3.63) is 87.1 Å². The second-order valence-corrected chi connectivity index (χ2v) is 7.34. The van der Waals surface area contributed by atoms with Crippen molar-refractivity contribution in [2.24, 2.45) is 4.99 Å². The average molecular weight is 415 g/mol. The van der Waals surface area contributed by atoms with Crippen LogP contribution in [0, 0.1) is 0 Å². The number of hydrogen-bond donors (Lipinski definition) is 0. The molecule has 0 radical (unpaired) electrons. The van der Waals surface area contributed by atoms with E-state index in [0.29, 0.717) is 22.8 Å². The van der Waals surface area contributed by atoms with E-state index in [1.54, 1.807) is 0 Å². The van der Waals surface area contributed by atoms with Crippen LogP contribution in [-0.2, 0) is 27.3 Å². The molecule has 0 saturated heterocycles. The number of nitrogens with zero attached hydrogens (tertiary/aromatic N) is 2. The van der Waals surface area contributed by atoms with E-state index in [-0.39, 0.29) is 13.0 Å². The predicted octanol–water partition coefficient (Wildman–Crippen LogP) is 3.85. The number of benzene rings is 2. The van der Waals surface area contributed by atoms with E-state index in [2.05, 4.69) is 4.99 Å². The van der Waals surface area contributed by atoms with Gasteiger partial charge in [0.25, 0.3) is 5.91 Å². The van der Waals surface area contributed by atoms with Crippen molar-refractivity contribution in [1.29, 1.82) is 0 Å². The molecule has 0 unspecified atom stereocenters. The summed E-state index contributed by atoms with van der Waals surface area (Å²) in [6.45, 7) is 0.143. The van der Waals surface area contributed by atoms with Crippen LogP contribution >= 0.6 is 22.9 Å². The molecule has 5 nitrogen and oxygen atoms in total. The van der Waals surface area contributed by atoms with Crippen molar-refractivity contribution in [3.8, 4) is 0 Å². The summed E-state index contributed by atoms with van der Waals surface area (Å²) in [4.78, 5) is 28.5. The van der Waals surface area contributed by atoms with Crippen LogP contribution in [0.5, 0.6) is 0 Å². The van der Waals surface area contributed by atoms with E-state index in [4.69, 9.17) is 16.3 Å². The molecule has 2 aromatic carbocycles. The number of hydrogen-bond acceptors (Lipinski definition) is 4. The third-order valence-electron chi connectivity index (χ3n) is 4.00. The minimum atomic E-state index is -0.497. The summed E-state index contributed by atoms with van der Waals surface area (Å²) in [6, 6.07) is 17.2. The number of esters is 1. The van der Waals surface area contributed by atoms with Gasteiger partial charge in [0.15, 0.2) is 11.4 Å². The molecule has 0 aliphatic heterocycles.